The fraction of sp³-hybridized carbons (Fsp3) is 0.222. The predicted octanol–water partition coefficient (Wildman–Crippen LogP) is 3.26. The molecule has 1 unspecified atom stereocenters. The summed E-state index contributed by atoms with van der Waals surface area (Å²) in [5.41, 5.74) is 1.57. The lowest BCUT2D eigenvalue weighted by Crippen LogP contribution is -2.36. The number of anilines is 1. The first-order valence-corrected chi connectivity index (χ1v) is 8.43. The van der Waals surface area contributed by atoms with Crippen LogP contribution in [0, 0.1) is 11.7 Å². The van der Waals surface area contributed by atoms with Gasteiger partial charge in [-0.1, -0.05) is 28.1 Å². The van der Waals surface area contributed by atoms with Crippen molar-refractivity contribution in [1.29, 1.82) is 0 Å². The molecule has 2 aromatic rings. The lowest BCUT2D eigenvalue weighted by Gasteiger charge is -2.16. The fourth-order valence-corrected chi connectivity index (χ4v) is 3.21. The zero-order chi connectivity index (χ0) is 17.1. The van der Waals surface area contributed by atoms with Gasteiger partial charge in [-0.2, -0.15) is 0 Å². The molecule has 1 fully saturated rings. The average molecular weight is 391 g/mol. The summed E-state index contributed by atoms with van der Waals surface area (Å²) in [5, 5.41) is 2.81. The lowest BCUT2D eigenvalue weighted by atomic mass is 10.1. The minimum Gasteiger partial charge on any atom is -0.351 e. The maximum absolute atomic E-state index is 13.0. The molecule has 1 saturated heterocycles. The van der Waals surface area contributed by atoms with Crippen LogP contribution in [-0.2, 0) is 16.1 Å². The number of carbonyl (C=O) groups excluding carboxylic acids is 2. The summed E-state index contributed by atoms with van der Waals surface area (Å²) in [6.07, 6.45) is 0.459. The van der Waals surface area contributed by atoms with Crippen molar-refractivity contribution in [3.63, 3.8) is 0 Å². The van der Waals surface area contributed by atoms with Gasteiger partial charge in [-0.05, 0) is 48.4 Å². The number of rotatable bonds is 4. The first-order chi connectivity index (χ1) is 11.5. The van der Waals surface area contributed by atoms with E-state index in [1.54, 1.807) is 12.1 Å². The summed E-state index contributed by atoms with van der Waals surface area (Å²) in [6.45, 7) is 0.831. The Morgan fingerprint density at radius 1 is 1.25 bits per heavy atom. The van der Waals surface area contributed by atoms with Gasteiger partial charge in [-0.3, -0.25) is 9.59 Å². The van der Waals surface area contributed by atoms with E-state index in [-0.39, 0.29) is 17.6 Å². The molecule has 2 amide bonds. The topological polar surface area (TPSA) is 49.4 Å². The standard InChI is InChI=1S/C18H16BrFN2O2/c19-13-3-1-2-12(10-13)11-21-17(23)16-8-9-22(18(16)24)15-6-4-14(20)5-7-15/h1-7,10,16H,8-9,11H2,(H,21,23). The Kier molecular flexibility index (Phi) is 4.94. The second-order valence-electron chi connectivity index (χ2n) is 5.66. The molecule has 6 heteroatoms. The van der Waals surface area contributed by atoms with E-state index in [0.717, 1.165) is 10.0 Å². The molecule has 0 aliphatic carbocycles. The molecule has 1 heterocycles. The van der Waals surface area contributed by atoms with Crippen LogP contribution in [0.3, 0.4) is 0 Å². The Balaban J connectivity index is 1.62. The lowest BCUT2D eigenvalue weighted by molar-refractivity contribution is -0.132. The molecular formula is C18H16BrFN2O2. The fourth-order valence-electron chi connectivity index (χ4n) is 2.76. The molecule has 1 aliphatic heterocycles. The quantitative estimate of drug-likeness (QED) is 0.814. The zero-order valence-electron chi connectivity index (χ0n) is 12.8. The summed E-state index contributed by atoms with van der Waals surface area (Å²) in [7, 11) is 0. The highest BCUT2D eigenvalue weighted by molar-refractivity contribution is 9.10. The van der Waals surface area contributed by atoms with Crippen LogP contribution in [0.5, 0.6) is 0 Å². The molecule has 3 rings (SSSR count). The minimum atomic E-state index is -0.692. The van der Waals surface area contributed by atoms with Crippen LogP contribution in [0.1, 0.15) is 12.0 Å². The molecule has 124 valence electrons. The molecule has 0 spiro atoms. The highest BCUT2D eigenvalue weighted by atomic mass is 79.9. The number of hydrogen-bond donors (Lipinski definition) is 1. The summed E-state index contributed by atoms with van der Waals surface area (Å²) >= 11 is 3.38. The number of benzene rings is 2. The predicted molar refractivity (Wildman–Crippen MR) is 92.8 cm³/mol. The molecule has 0 aromatic heterocycles. The number of amides is 2. The van der Waals surface area contributed by atoms with Crippen molar-refractivity contribution in [3.8, 4) is 0 Å². The van der Waals surface area contributed by atoms with Crippen molar-refractivity contribution in [3.05, 3.63) is 64.4 Å². The molecule has 0 saturated carbocycles. The average Bonchev–Trinajstić information content (AvgIpc) is 2.95. The third-order valence-corrected chi connectivity index (χ3v) is 4.51. The first-order valence-electron chi connectivity index (χ1n) is 7.64. The van der Waals surface area contributed by atoms with Crippen LogP contribution >= 0.6 is 15.9 Å². The van der Waals surface area contributed by atoms with E-state index in [1.807, 2.05) is 24.3 Å². The Labute approximate surface area is 147 Å². The Bertz CT molecular complexity index is 764. The minimum absolute atomic E-state index is 0.242. The molecule has 1 aliphatic rings. The maximum atomic E-state index is 13.0. The van der Waals surface area contributed by atoms with Gasteiger partial charge >= 0.3 is 0 Å². The van der Waals surface area contributed by atoms with Crippen LogP contribution in [0.25, 0.3) is 0 Å². The van der Waals surface area contributed by atoms with Gasteiger partial charge in [-0.15, -0.1) is 0 Å². The third-order valence-electron chi connectivity index (χ3n) is 4.02. The van der Waals surface area contributed by atoms with E-state index >= 15 is 0 Å². The molecule has 1 atom stereocenters. The summed E-state index contributed by atoms with van der Waals surface area (Å²) in [4.78, 5) is 26.3. The van der Waals surface area contributed by atoms with E-state index in [9.17, 15) is 14.0 Å². The van der Waals surface area contributed by atoms with Crippen LogP contribution in [0.2, 0.25) is 0 Å². The van der Waals surface area contributed by atoms with Crippen molar-refractivity contribution in [1.82, 2.24) is 5.32 Å². The van der Waals surface area contributed by atoms with Gasteiger partial charge in [0.05, 0.1) is 0 Å². The molecule has 0 bridgehead atoms. The molecule has 24 heavy (non-hydrogen) atoms. The maximum Gasteiger partial charge on any atom is 0.239 e. The second kappa shape index (κ2) is 7.13. The Morgan fingerprint density at radius 2 is 2.00 bits per heavy atom. The number of carbonyl (C=O) groups is 2. The van der Waals surface area contributed by atoms with Gasteiger partial charge < -0.3 is 10.2 Å². The highest BCUT2D eigenvalue weighted by Crippen LogP contribution is 2.25. The number of nitrogens with one attached hydrogen (secondary N) is 1. The SMILES string of the molecule is O=C(NCc1cccc(Br)c1)C1CCN(c2ccc(F)cc2)C1=O. The monoisotopic (exact) mass is 390 g/mol. The Morgan fingerprint density at radius 3 is 2.71 bits per heavy atom. The third kappa shape index (κ3) is 3.64. The van der Waals surface area contributed by atoms with Crippen molar-refractivity contribution >= 4 is 33.4 Å². The van der Waals surface area contributed by atoms with Crippen molar-refractivity contribution in [2.75, 3.05) is 11.4 Å². The summed E-state index contributed by atoms with van der Waals surface area (Å²) < 4.78 is 13.9. The first kappa shape index (κ1) is 16.6. The zero-order valence-corrected chi connectivity index (χ0v) is 14.4. The van der Waals surface area contributed by atoms with Crippen LogP contribution in [-0.4, -0.2) is 18.4 Å². The second-order valence-corrected chi connectivity index (χ2v) is 6.57. The highest BCUT2D eigenvalue weighted by Gasteiger charge is 2.37. The molecule has 0 radical (unpaired) electrons. The summed E-state index contributed by atoms with van der Waals surface area (Å²) in [6, 6.07) is 13.3. The van der Waals surface area contributed by atoms with Gasteiger partial charge in [0.2, 0.25) is 11.8 Å². The van der Waals surface area contributed by atoms with Crippen LogP contribution in [0.15, 0.2) is 53.0 Å². The number of hydrogen-bond acceptors (Lipinski definition) is 2. The molecule has 2 aromatic carbocycles. The molecule has 4 nitrogen and oxygen atoms in total. The normalized spacial score (nSPS) is 17.2. The van der Waals surface area contributed by atoms with Crippen molar-refractivity contribution in [2.24, 2.45) is 5.92 Å². The molecule has 1 N–H and O–H groups in total. The van der Waals surface area contributed by atoms with Crippen molar-refractivity contribution in [2.45, 2.75) is 13.0 Å². The van der Waals surface area contributed by atoms with E-state index in [0.29, 0.717) is 25.2 Å². The van der Waals surface area contributed by atoms with Crippen LogP contribution in [0.4, 0.5) is 10.1 Å². The van der Waals surface area contributed by atoms with Crippen LogP contribution < -0.4 is 10.2 Å². The van der Waals surface area contributed by atoms with E-state index in [2.05, 4.69) is 21.2 Å². The van der Waals surface area contributed by atoms with Gasteiger partial charge in [0.15, 0.2) is 0 Å². The Hall–Kier alpha value is -2.21. The van der Waals surface area contributed by atoms with Gasteiger partial charge in [0.1, 0.15) is 11.7 Å². The van der Waals surface area contributed by atoms with E-state index < -0.39 is 5.92 Å². The van der Waals surface area contributed by atoms with E-state index in [1.165, 1.54) is 17.0 Å². The van der Waals surface area contributed by atoms with Gasteiger partial charge in [0.25, 0.3) is 0 Å². The molecular weight excluding hydrogens is 375 g/mol. The number of nitrogens with zero attached hydrogens (tertiary/aromatic N) is 1. The summed E-state index contributed by atoms with van der Waals surface area (Å²) in [5.74, 6) is -1.56. The number of halogens is 2. The van der Waals surface area contributed by atoms with Gasteiger partial charge in [-0.25, -0.2) is 4.39 Å². The van der Waals surface area contributed by atoms with Gasteiger partial charge in [0, 0.05) is 23.2 Å². The van der Waals surface area contributed by atoms with E-state index in [4.69, 9.17) is 0 Å². The smallest absolute Gasteiger partial charge is 0.239 e. The largest absolute Gasteiger partial charge is 0.351 e. The van der Waals surface area contributed by atoms with Crippen molar-refractivity contribution < 1.29 is 14.0 Å².